The number of carbonyl (C=O) groups is 1. The lowest BCUT2D eigenvalue weighted by Gasteiger charge is -2.29. The highest BCUT2D eigenvalue weighted by Gasteiger charge is 2.29. The summed E-state index contributed by atoms with van der Waals surface area (Å²) in [6.45, 7) is 1.00. The summed E-state index contributed by atoms with van der Waals surface area (Å²) < 4.78 is 18.2. The van der Waals surface area contributed by atoms with Gasteiger partial charge in [0, 0.05) is 23.4 Å². The van der Waals surface area contributed by atoms with Gasteiger partial charge in [0.25, 0.3) is 5.91 Å². The van der Waals surface area contributed by atoms with Gasteiger partial charge in [0.05, 0.1) is 43.1 Å². The smallest absolute Gasteiger partial charge is 0.252 e. The van der Waals surface area contributed by atoms with E-state index >= 15 is 0 Å². The maximum atomic E-state index is 12.9. The molecule has 2 aromatic heterocycles. The summed E-state index contributed by atoms with van der Waals surface area (Å²) in [4.78, 5) is 17.4. The van der Waals surface area contributed by atoms with Crippen LogP contribution < -0.4 is 14.8 Å². The first-order valence-electron chi connectivity index (χ1n) is 14.8. The molecule has 1 aliphatic rings. The molecule has 2 heterocycles. The Morgan fingerprint density at radius 1 is 1.05 bits per heavy atom. The number of nitriles is 1. The van der Waals surface area contributed by atoms with E-state index in [2.05, 4.69) is 16.4 Å². The lowest BCUT2D eigenvalue weighted by Crippen LogP contribution is -2.53. The van der Waals surface area contributed by atoms with E-state index in [1.54, 1.807) is 31.3 Å². The minimum atomic E-state index is -1.12. The lowest BCUT2D eigenvalue weighted by atomic mass is 9.97. The van der Waals surface area contributed by atoms with Gasteiger partial charge in [-0.2, -0.15) is 5.26 Å². The Kier molecular flexibility index (Phi) is 9.29. The predicted molar refractivity (Wildman–Crippen MR) is 163 cm³/mol. The molecule has 3 N–H and O–H groups in total. The van der Waals surface area contributed by atoms with Crippen molar-refractivity contribution in [2.75, 3.05) is 20.3 Å². The molecule has 0 bridgehead atoms. The van der Waals surface area contributed by atoms with Crippen molar-refractivity contribution < 1.29 is 28.9 Å². The number of nitrogens with one attached hydrogen (secondary N) is 1. The topological polar surface area (TPSA) is 138 Å². The van der Waals surface area contributed by atoms with Gasteiger partial charge in [-0.1, -0.05) is 25.8 Å². The second-order valence-electron chi connectivity index (χ2n) is 11.1. The van der Waals surface area contributed by atoms with Crippen LogP contribution in [-0.2, 0) is 0 Å². The van der Waals surface area contributed by atoms with E-state index in [0.29, 0.717) is 51.5 Å². The van der Waals surface area contributed by atoms with Crippen molar-refractivity contribution in [3.8, 4) is 40.0 Å². The summed E-state index contributed by atoms with van der Waals surface area (Å²) in [6, 6.07) is 16.5. The first kappa shape index (κ1) is 30.1. The number of fused-ring (bicyclic) bond motifs is 1. The monoisotopic (exact) mass is 583 g/mol. The number of rotatable bonds is 10. The number of methoxy groups -OCH3 is 1. The van der Waals surface area contributed by atoms with E-state index in [1.165, 1.54) is 20.0 Å². The fraction of sp³-hybridized carbons (Fsp3) is 0.382. The molecular weight excluding hydrogens is 546 g/mol. The number of hydrogen-bond donors (Lipinski definition) is 3. The number of hydrogen-bond acceptors (Lipinski definition) is 8. The van der Waals surface area contributed by atoms with Crippen molar-refractivity contribution in [2.45, 2.75) is 63.5 Å². The van der Waals surface area contributed by atoms with Gasteiger partial charge >= 0.3 is 0 Å². The van der Waals surface area contributed by atoms with Gasteiger partial charge in [0.15, 0.2) is 5.58 Å². The van der Waals surface area contributed by atoms with Crippen LogP contribution in [0.1, 0.15) is 67.8 Å². The second kappa shape index (κ2) is 13.3. The van der Waals surface area contributed by atoms with Gasteiger partial charge in [-0.05, 0) is 74.1 Å². The molecule has 2 aromatic carbocycles. The molecule has 0 saturated heterocycles. The fourth-order valence-corrected chi connectivity index (χ4v) is 5.52. The third-order valence-electron chi connectivity index (χ3n) is 8.31. The number of ether oxygens (including phenoxy) is 2. The third kappa shape index (κ3) is 6.36. The Morgan fingerprint density at radius 2 is 1.81 bits per heavy atom. The van der Waals surface area contributed by atoms with Crippen molar-refractivity contribution in [1.29, 1.82) is 5.26 Å². The zero-order valence-corrected chi connectivity index (χ0v) is 24.6. The number of amides is 1. The summed E-state index contributed by atoms with van der Waals surface area (Å²) in [5, 5.41) is 32.1. The SMILES string of the molecule is CCC(CO)(CO)NC(=O)c1ccc(-c2cc3nccc(-c4ccc(OC5CCCCCC5)c(C#N)c4)c3o2)c(OC)c1. The third-order valence-corrected chi connectivity index (χ3v) is 8.31. The average Bonchev–Trinajstić information content (AvgIpc) is 3.32. The number of nitrogens with zero attached hydrogens (tertiary/aromatic N) is 2. The first-order valence-corrected chi connectivity index (χ1v) is 14.8. The lowest BCUT2D eigenvalue weighted by molar-refractivity contribution is 0.0652. The molecule has 9 nitrogen and oxygen atoms in total. The summed E-state index contributed by atoms with van der Waals surface area (Å²) in [5.41, 5.74) is 3.08. The van der Waals surface area contributed by atoms with Gasteiger partial charge in [0.1, 0.15) is 28.8 Å². The van der Waals surface area contributed by atoms with Crippen LogP contribution in [0, 0.1) is 11.3 Å². The first-order chi connectivity index (χ1) is 20.9. The molecule has 0 atom stereocenters. The molecule has 0 spiro atoms. The predicted octanol–water partition coefficient (Wildman–Crippen LogP) is 6.01. The molecule has 1 amide bonds. The molecule has 5 rings (SSSR count). The summed E-state index contributed by atoms with van der Waals surface area (Å²) in [7, 11) is 1.51. The molecule has 9 heteroatoms. The molecule has 224 valence electrons. The average molecular weight is 584 g/mol. The zero-order valence-electron chi connectivity index (χ0n) is 24.6. The van der Waals surface area contributed by atoms with Crippen LogP contribution in [0.25, 0.3) is 33.6 Å². The van der Waals surface area contributed by atoms with E-state index in [1.807, 2.05) is 30.3 Å². The van der Waals surface area contributed by atoms with Crippen molar-refractivity contribution in [3.63, 3.8) is 0 Å². The molecule has 0 aliphatic heterocycles. The highest BCUT2D eigenvalue weighted by atomic mass is 16.5. The van der Waals surface area contributed by atoms with Crippen molar-refractivity contribution in [2.24, 2.45) is 0 Å². The number of aromatic nitrogens is 1. The van der Waals surface area contributed by atoms with Gasteiger partial charge in [0.2, 0.25) is 0 Å². The number of furan rings is 1. The largest absolute Gasteiger partial charge is 0.496 e. The molecule has 43 heavy (non-hydrogen) atoms. The van der Waals surface area contributed by atoms with Crippen LogP contribution in [0.5, 0.6) is 11.5 Å². The highest BCUT2D eigenvalue weighted by Crippen LogP contribution is 2.38. The van der Waals surface area contributed by atoms with Crippen LogP contribution in [0.3, 0.4) is 0 Å². The number of aliphatic hydroxyl groups excluding tert-OH is 2. The molecule has 0 radical (unpaired) electrons. The fourth-order valence-electron chi connectivity index (χ4n) is 5.52. The molecule has 1 fully saturated rings. The molecule has 1 aliphatic carbocycles. The number of benzene rings is 2. The van der Waals surface area contributed by atoms with Gasteiger partial charge in [-0.15, -0.1) is 0 Å². The van der Waals surface area contributed by atoms with E-state index in [-0.39, 0.29) is 19.3 Å². The quantitative estimate of drug-likeness (QED) is 0.193. The second-order valence-corrected chi connectivity index (χ2v) is 11.1. The summed E-state index contributed by atoms with van der Waals surface area (Å²) >= 11 is 0. The van der Waals surface area contributed by atoms with Crippen molar-refractivity contribution >= 4 is 17.0 Å². The Bertz CT molecular complexity index is 1620. The van der Waals surface area contributed by atoms with Crippen molar-refractivity contribution in [1.82, 2.24) is 10.3 Å². The van der Waals surface area contributed by atoms with Gasteiger partial charge in [-0.3, -0.25) is 9.78 Å². The van der Waals surface area contributed by atoms with E-state index in [9.17, 15) is 20.3 Å². The van der Waals surface area contributed by atoms with E-state index < -0.39 is 11.4 Å². The minimum Gasteiger partial charge on any atom is -0.496 e. The molecular formula is C34H37N3O6. The Hall–Kier alpha value is -4.39. The normalized spacial score (nSPS) is 14.2. The van der Waals surface area contributed by atoms with Gasteiger partial charge in [-0.25, -0.2) is 0 Å². The molecule has 4 aromatic rings. The maximum Gasteiger partial charge on any atom is 0.252 e. The van der Waals surface area contributed by atoms with E-state index in [0.717, 1.165) is 36.8 Å². The minimum absolute atomic E-state index is 0.131. The Labute approximate surface area is 251 Å². The molecule has 1 saturated carbocycles. The number of aliphatic hydroxyl groups is 2. The summed E-state index contributed by atoms with van der Waals surface area (Å²) in [5.74, 6) is 1.08. The zero-order chi connectivity index (χ0) is 30.4. The number of pyridine rings is 1. The Morgan fingerprint density at radius 3 is 2.49 bits per heavy atom. The standard InChI is InChI=1S/C34H37N3O6/c1-3-34(20-38,21-39)37-33(40)23-10-12-27(30(17-23)41-2)31-18-28-32(43-31)26(14-15-36-28)22-11-13-29(24(16-22)19-35)42-25-8-6-4-5-7-9-25/h10-18,25,38-39H,3-9,20-21H2,1-2H3,(H,37,40). The summed E-state index contributed by atoms with van der Waals surface area (Å²) in [6.07, 6.45) is 8.96. The van der Waals surface area contributed by atoms with Crippen molar-refractivity contribution in [3.05, 3.63) is 65.9 Å². The van der Waals surface area contributed by atoms with Crippen LogP contribution in [-0.4, -0.2) is 53.1 Å². The van der Waals surface area contributed by atoms with Crippen LogP contribution in [0.15, 0.2) is 59.1 Å². The Balaban J connectivity index is 1.45. The van der Waals surface area contributed by atoms with Crippen LogP contribution in [0.2, 0.25) is 0 Å². The van der Waals surface area contributed by atoms with Crippen LogP contribution in [0.4, 0.5) is 0 Å². The van der Waals surface area contributed by atoms with Gasteiger partial charge < -0.3 is 29.4 Å². The number of carbonyl (C=O) groups excluding carboxylic acids is 1. The van der Waals surface area contributed by atoms with Crippen LogP contribution >= 0.6 is 0 Å². The molecule has 0 unspecified atom stereocenters. The van der Waals surface area contributed by atoms with E-state index in [4.69, 9.17) is 13.9 Å². The maximum absolute atomic E-state index is 12.9. The highest BCUT2D eigenvalue weighted by molar-refractivity contribution is 5.97.